The Labute approximate surface area is 120 Å². The third-order valence-electron chi connectivity index (χ3n) is 2.92. The van der Waals surface area contributed by atoms with Crippen molar-refractivity contribution < 1.29 is 4.79 Å². The number of benzene rings is 1. The molecule has 0 atom stereocenters. The van der Waals surface area contributed by atoms with E-state index in [0.717, 1.165) is 22.4 Å². The lowest BCUT2D eigenvalue weighted by Crippen LogP contribution is -2.18. The van der Waals surface area contributed by atoms with Gasteiger partial charge in [-0.05, 0) is 12.1 Å². The van der Waals surface area contributed by atoms with E-state index in [4.69, 9.17) is 5.73 Å². The maximum absolute atomic E-state index is 10.8. The van der Waals surface area contributed by atoms with Crippen molar-refractivity contribution in [3.05, 3.63) is 48.5 Å². The van der Waals surface area contributed by atoms with Gasteiger partial charge in [-0.15, -0.1) is 0 Å². The van der Waals surface area contributed by atoms with Gasteiger partial charge in [0, 0.05) is 6.20 Å². The van der Waals surface area contributed by atoms with Gasteiger partial charge in [-0.25, -0.2) is 4.98 Å². The molecule has 7 nitrogen and oxygen atoms in total. The van der Waals surface area contributed by atoms with Gasteiger partial charge in [0.2, 0.25) is 5.91 Å². The van der Waals surface area contributed by atoms with Crippen LogP contribution in [0.25, 0.3) is 11.0 Å². The molecule has 3 aromatic rings. The number of aromatic nitrogens is 4. The molecule has 0 saturated heterocycles. The Morgan fingerprint density at radius 3 is 2.86 bits per heavy atom. The van der Waals surface area contributed by atoms with Crippen LogP contribution in [0, 0.1) is 0 Å². The summed E-state index contributed by atoms with van der Waals surface area (Å²) in [7, 11) is 0. The van der Waals surface area contributed by atoms with Crippen LogP contribution in [0.15, 0.2) is 42.9 Å². The van der Waals surface area contributed by atoms with Gasteiger partial charge in [0.15, 0.2) is 0 Å². The second kappa shape index (κ2) is 5.58. The number of nitrogens with two attached hydrogens (primary N) is 1. The average Bonchev–Trinajstić information content (AvgIpc) is 2.91. The van der Waals surface area contributed by atoms with Crippen LogP contribution in [-0.2, 0) is 17.9 Å². The van der Waals surface area contributed by atoms with E-state index in [2.05, 4.69) is 20.4 Å². The van der Waals surface area contributed by atoms with Crippen LogP contribution in [0.5, 0.6) is 0 Å². The highest BCUT2D eigenvalue weighted by Gasteiger charge is 2.03. The first-order valence-corrected chi connectivity index (χ1v) is 6.46. The number of carbonyl (C=O) groups excluding carboxylic acids is 1. The smallest absolute Gasteiger partial charge is 0.239 e. The fourth-order valence-corrected chi connectivity index (χ4v) is 1.97. The molecule has 0 aliphatic carbocycles. The van der Waals surface area contributed by atoms with Crippen LogP contribution in [-0.4, -0.2) is 25.7 Å². The number of primary amides is 1. The van der Waals surface area contributed by atoms with Gasteiger partial charge >= 0.3 is 0 Å². The van der Waals surface area contributed by atoms with Gasteiger partial charge in [0.1, 0.15) is 6.54 Å². The molecule has 0 unspecified atom stereocenters. The molecular formula is C14H14N6O. The van der Waals surface area contributed by atoms with Crippen molar-refractivity contribution in [1.82, 2.24) is 19.7 Å². The first kappa shape index (κ1) is 13.0. The Morgan fingerprint density at radius 2 is 2.05 bits per heavy atom. The third kappa shape index (κ3) is 3.14. The Morgan fingerprint density at radius 1 is 1.24 bits per heavy atom. The fourth-order valence-electron chi connectivity index (χ4n) is 1.97. The number of hydrogen-bond donors (Lipinski definition) is 2. The van der Waals surface area contributed by atoms with Crippen LogP contribution < -0.4 is 11.1 Å². The molecule has 1 amide bonds. The molecule has 0 bridgehead atoms. The van der Waals surface area contributed by atoms with Crippen LogP contribution in [0.3, 0.4) is 0 Å². The summed E-state index contributed by atoms with van der Waals surface area (Å²) in [5.74, 6) is -0.426. The van der Waals surface area contributed by atoms with Gasteiger partial charge in [0.05, 0.1) is 41.4 Å². The van der Waals surface area contributed by atoms with E-state index in [1.165, 1.54) is 4.68 Å². The molecule has 0 radical (unpaired) electrons. The quantitative estimate of drug-likeness (QED) is 0.725. The molecule has 0 aliphatic heterocycles. The van der Waals surface area contributed by atoms with E-state index in [-0.39, 0.29) is 6.54 Å². The second-order valence-electron chi connectivity index (χ2n) is 4.60. The number of rotatable bonds is 5. The van der Waals surface area contributed by atoms with E-state index < -0.39 is 5.91 Å². The molecule has 21 heavy (non-hydrogen) atoms. The van der Waals surface area contributed by atoms with Gasteiger partial charge in [-0.2, -0.15) is 5.10 Å². The SMILES string of the molecule is NC(=O)Cn1cc(NCc2cnc3ccccc3n2)cn1. The number of hydrogen-bond acceptors (Lipinski definition) is 5. The number of carbonyl (C=O) groups is 1. The first-order valence-electron chi connectivity index (χ1n) is 6.46. The molecule has 2 aromatic heterocycles. The predicted molar refractivity (Wildman–Crippen MR) is 78.3 cm³/mol. The molecular weight excluding hydrogens is 268 g/mol. The van der Waals surface area contributed by atoms with Gasteiger partial charge in [0.25, 0.3) is 0 Å². The lowest BCUT2D eigenvalue weighted by molar-refractivity contribution is -0.118. The van der Waals surface area contributed by atoms with Crippen molar-refractivity contribution in [2.24, 2.45) is 5.73 Å². The van der Waals surface area contributed by atoms with Crippen molar-refractivity contribution >= 4 is 22.6 Å². The zero-order chi connectivity index (χ0) is 14.7. The number of anilines is 1. The lowest BCUT2D eigenvalue weighted by Gasteiger charge is -2.04. The van der Waals surface area contributed by atoms with Crippen molar-refractivity contribution in [2.45, 2.75) is 13.1 Å². The van der Waals surface area contributed by atoms with E-state index >= 15 is 0 Å². The number of para-hydroxylation sites is 2. The van der Waals surface area contributed by atoms with E-state index in [0.29, 0.717) is 6.54 Å². The Bertz CT molecular complexity index is 782. The standard InChI is InChI=1S/C14H14N6O/c15-14(21)9-20-8-11(7-18-20)16-5-10-6-17-12-3-1-2-4-13(12)19-10/h1-4,6-8,16H,5,9H2,(H2,15,21). The Hall–Kier alpha value is -2.96. The van der Waals surface area contributed by atoms with Crippen molar-refractivity contribution in [3.63, 3.8) is 0 Å². The second-order valence-corrected chi connectivity index (χ2v) is 4.60. The van der Waals surface area contributed by atoms with Gasteiger partial charge < -0.3 is 11.1 Å². The molecule has 7 heteroatoms. The number of amides is 1. The zero-order valence-corrected chi connectivity index (χ0v) is 11.2. The van der Waals surface area contributed by atoms with Gasteiger partial charge in [-0.1, -0.05) is 12.1 Å². The van der Waals surface area contributed by atoms with Crippen LogP contribution in [0.1, 0.15) is 5.69 Å². The van der Waals surface area contributed by atoms with Crippen LogP contribution >= 0.6 is 0 Å². The van der Waals surface area contributed by atoms with Crippen molar-refractivity contribution in [2.75, 3.05) is 5.32 Å². The Balaban J connectivity index is 1.68. The highest BCUT2D eigenvalue weighted by Crippen LogP contribution is 2.10. The van der Waals surface area contributed by atoms with E-state index in [1.807, 2.05) is 24.3 Å². The summed E-state index contributed by atoms with van der Waals surface area (Å²) in [6, 6.07) is 7.72. The minimum absolute atomic E-state index is 0.0669. The van der Waals surface area contributed by atoms with E-state index in [9.17, 15) is 4.79 Å². The monoisotopic (exact) mass is 282 g/mol. The summed E-state index contributed by atoms with van der Waals surface area (Å²) >= 11 is 0. The zero-order valence-electron chi connectivity index (χ0n) is 11.2. The molecule has 3 rings (SSSR count). The number of nitrogens with zero attached hydrogens (tertiary/aromatic N) is 4. The third-order valence-corrected chi connectivity index (χ3v) is 2.92. The van der Waals surface area contributed by atoms with Crippen LogP contribution in [0.4, 0.5) is 5.69 Å². The van der Waals surface area contributed by atoms with Gasteiger partial charge in [-0.3, -0.25) is 14.5 Å². The number of fused-ring (bicyclic) bond motifs is 1. The first-order chi connectivity index (χ1) is 10.2. The fraction of sp³-hybridized carbons (Fsp3) is 0.143. The summed E-state index contributed by atoms with van der Waals surface area (Å²) in [6.07, 6.45) is 5.10. The minimum Gasteiger partial charge on any atom is -0.377 e. The van der Waals surface area contributed by atoms with Crippen LogP contribution in [0.2, 0.25) is 0 Å². The number of nitrogens with one attached hydrogen (secondary N) is 1. The molecule has 3 N–H and O–H groups in total. The summed E-state index contributed by atoms with van der Waals surface area (Å²) in [5, 5.41) is 7.22. The summed E-state index contributed by atoms with van der Waals surface area (Å²) in [5.41, 5.74) is 8.47. The predicted octanol–water partition coefficient (Wildman–Crippen LogP) is 0.924. The summed E-state index contributed by atoms with van der Waals surface area (Å²) < 4.78 is 1.48. The maximum Gasteiger partial charge on any atom is 0.239 e. The Kier molecular flexibility index (Phi) is 3.46. The topological polar surface area (TPSA) is 98.7 Å². The van der Waals surface area contributed by atoms with Crippen molar-refractivity contribution in [1.29, 1.82) is 0 Å². The van der Waals surface area contributed by atoms with E-state index in [1.54, 1.807) is 18.6 Å². The highest BCUT2D eigenvalue weighted by molar-refractivity contribution is 5.74. The molecule has 0 saturated carbocycles. The average molecular weight is 282 g/mol. The lowest BCUT2D eigenvalue weighted by atomic mass is 10.3. The molecule has 0 aliphatic rings. The summed E-state index contributed by atoms with van der Waals surface area (Å²) in [4.78, 5) is 19.7. The van der Waals surface area contributed by atoms with Crippen molar-refractivity contribution in [3.8, 4) is 0 Å². The highest BCUT2D eigenvalue weighted by atomic mass is 16.1. The maximum atomic E-state index is 10.8. The normalized spacial score (nSPS) is 10.7. The molecule has 0 fully saturated rings. The largest absolute Gasteiger partial charge is 0.377 e. The molecule has 2 heterocycles. The molecule has 0 spiro atoms. The molecule has 1 aromatic carbocycles. The summed E-state index contributed by atoms with van der Waals surface area (Å²) in [6.45, 7) is 0.595. The minimum atomic E-state index is -0.426. The molecule has 106 valence electrons.